The maximum absolute atomic E-state index is 9.84. The summed E-state index contributed by atoms with van der Waals surface area (Å²) >= 11 is 13.5. The second-order valence-electron chi connectivity index (χ2n) is 6.05. The lowest BCUT2D eigenvalue weighted by Crippen LogP contribution is -1.99. The average molecular weight is 546 g/mol. The largest absolute Gasteiger partial charge is 0.392 e. The van der Waals surface area contributed by atoms with E-state index >= 15 is 0 Å². The van der Waals surface area contributed by atoms with Crippen molar-refractivity contribution in [1.29, 1.82) is 5.26 Å². The van der Waals surface area contributed by atoms with E-state index in [1.807, 2.05) is 29.6 Å². The van der Waals surface area contributed by atoms with Crippen molar-refractivity contribution in [1.82, 2.24) is 15.0 Å². The summed E-state index contributed by atoms with van der Waals surface area (Å²) in [7, 11) is 0. The lowest BCUT2D eigenvalue weighted by Gasteiger charge is -2.11. The Morgan fingerprint density at radius 3 is 2.61 bits per heavy atom. The number of aromatic nitrogens is 3. The molecule has 0 amide bonds. The monoisotopic (exact) mass is 544 g/mol. The van der Waals surface area contributed by atoms with Crippen LogP contribution in [0, 0.1) is 17.9 Å². The van der Waals surface area contributed by atoms with Crippen LogP contribution in [-0.2, 0) is 5.75 Å². The Labute approximate surface area is 203 Å². The zero-order valence-corrected chi connectivity index (χ0v) is 20.3. The highest BCUT2D eigenvalue weighted by molar-refractivity contribution is 9.11. The summed E-state index contributed by atoms with van der Waals surface area (Å²) < 4.78 is 0.657. The third kappa shape index (κ3) is 4.59. The van der Waals surface area contributed by atoms with Crippen molar-refractivity contribution in [2.75, 3.05) is 5.73 Å². The van der Waals surface area contributed by atoms with Crippen LogP contribution in [0.4, 0.5) is 11.5 Å². The van der Waals surface area contributed by atoms with Crippen LogP contribution in [0.3, 0.4) is 0 Å². The molecular weight excluding hydrogens is 536 g/mol. The zero-order valence-electron chi connectivity index (χ0n) is 15.5. The van der Waals surface area contributed by atoms with Crippen LogP contribution in [0.1, 0.15) is 11.3 Å². The van der Waals surface area contributed by atoms with E-state index in [1.54, 1.807) is 5.38 Å². The number of hydrogen-bond acceptors (Lipinski definition) is 8. The lowest BCUT2D eigenvalue weighted by atomic mass is 10.1. The fourth-order valence-electron chi connectivity index (χ4n) is 2.75. The van der Waals surface area contributed by atoms with Crippen molar-refractivity contribution >= 4 is 73.5 Å². The third-order valence-electron chi connectivity index (χ3n) is 4.12. The van der Waals surface area contributed by atoms with Gasteiger partial charge in [-0.25, -0.2) is 19.8 Å². The molecule has 6 nitrogen and oxygen atoms in total. The maximum atomic E-state index is 9.84. The van der Waals surface area contributed by atoms with Gasteiger partial charge in [0.1, 0.15) is 21.9 Å². The van der Waals surface area contributed by atoms with Crippen molar-refractivity contribution in [2.45, 2.75) is 10.8 Å². The number of nitrogens with two attached hydrogens (primary N) is 1. The van der Waals surface area contributed by atoms with Gasteiger partial charge in [0.25, 0.3) is 0 Å². The minimum absolute atomic E-state index is 0.0794. The zero-order chi connectivity index (χ0) is 22.0. The Hall–Kier alpha value is -2.47. The van der Waals surface area contributed by atoms with Crippen LogP contribution in [0.5, 0.6) is 0 Å². The number of nitriles is 1. The predicted octanol–water partition coefficient (Wildman–Crippen LogP) is 7.04. The molecule has 0 atom stereocenters. The quantitative estimate of drug-likeness (QED) is 0.213. The number of nitrogen functional groups attached to an aromatic ring is 1. The topological polar surface area (TPSA) is 92.8 Å². The third-order valence-corrected chi connectivity index (χ3v) is 7.69. The van der Waals surface area contributed by atoms with Crippen molar-refractivity contribution in [3.05, 3.63) is 66.6 Å². The van der Waals surface area contributed by atoms with Gasteiger partial charge in [-0.3, -0.25) is 0 Å². The van der Waals surface area contributed by atoms with E-state index in [9.17, 15) is 5.26 Å². The predicted molar refractivity (Wildman–Crippen MR) is 131 cm³/mol. The van der Waals surface area contributed by atoms with Crippen LogP contribution in [0.2, 0.25) is 5.02 Å². The van der Waals surface area contributed by atoms with Crippen LogP contribution in [0.15, 0.2) is 44.0 Å². The standard InChI is InChI=1S/C20H10BrClN6S3/c1-25-16-15(14-9-31-20(21)27-14)13(6-23)19(28-17(16)24)30-8-12-7-29-18(26-12)10-2-4-11(22)5-3-10/h2-5,7,9H,8H2,(H2,24,28). The minimum Gasteiger partial charge on any atom is -0.392 e. The van der Waals surface area contributed by atoms with Gasteiger partial charge >= 0.3 is 0 Å². The first-order valence-electron chi connectivity index (χ1n) is 8.55. The van der Waals surface area contributed by atoms with Crippen molar-refractivity contribution in [3.63, 3.8) is 0 Å². The van der Waals surface area contributed by atoms with Gasteiger partial charge in [0.05, 0.1) is 23.5 Å². The number of benzene rings is 1. The second-order valence-corrected chi connectivity index (χ2v) is 10.4. The van der Waals surface area contributed by atoms with Crippen LogP contribution < -0.4 is 5.73 Å². The molecule has 0 saturated carbocycles. The number of anilines is 1. The molecule has 4 aromatic rings. The van der Waals surface area contributed by atoms with E-state index < -0.39 is 0 Å². The highest BCUT2D eigenvalue weighted by Gasteiger charge is 2.22. The first-order valence-corrected chi connectivity index (χ1v) is 12.5. The molecule has 11 heteroatoms. The molecule has 0 radical (unpaired) electrons. The Kier molecular flexibility index (Phi) is 6.56. The summed E-state index contributed by atoms with van der Waals surface area (Å²) in [6.07, 6.45) is 0. The fraction of sp³-hybridized carbons (Fsp3) is 0.0500. The normalized spacial score (nSPS) is 10.6. The molecule has 0 spiro atoms. The summed E-state index contributed by atoms with van der Waals surface area (Å²) in [5.74, 6) is 0.582. The van der Waals surface area contributed by atoms with Crippen LogP contribution in [-0.4, -0.2) is 15.0 Å². The molecular formula is C20H10BrClN6S3. The summed E-state index contributed by atoms with van der Waals surface area (Å²) in [6.45, 7) is 7.49. The van der Waals surface area contributed by atoms with Gasteiger partial charge in [-0.15, -0.1) is 22.7 Å². The van der Waals surface area contributed by atoms with Crippen LogP contribution >= 0.6 is 62.0 Å². The molecule has 0 saturated heterocycles. The minimum atomic E-state index is 0.0794. The number of thioether (sulfide) groups is 1. The number of rotatable bonds is 5. The first-order chi connectivity index (χ1) is 15.0. The number of pyridine rings is 1. The number of hydrogen-bond donors (Lipinski definition) is 1. The number of thiazole rings is 2. The van der Waals surface area contributed by atoms with Gasteiger partial charge < -0.3 is 5.73 Å². The van der Waals surface area contributed by atoms with Crippen molar-refractivity contribution in [2.24, 2.45) is 0 Å². The molecule has 152 valence electrons. The molecule has 0 bridgehead atoms. The average Bonchev–Trinajstić information content (AvgIpc) is 3.41. The van der Waals surface area contributed by atoms with E-state index in [1.165, 1.54) is 34.4 Å². The highest BCUT2D eigenvalue weighted by Crippen LogP contribution is 2.42. The molecule has 0 unspecified atom stereocenters. The molecule has 0 aliphatic carbocycles. The van der Waals surface area contributed by atoms with Gasteiger partial charge in [-0.05, 0) is 28.1 Å². The van der Waals surface area contributed by atoms with E-state index in [0.29, 0.717) is 31.0 Å². The Morgan fingerprint density at radius 1 is 1.19 bits per heavy atom. The number of nitrogens with zero attached hydrogens (tertiary/aromatic N) is 5. The highest BCUT2D eigenvalue weighted by atomic mass is 79.9. The fourth-order valence-corrected chi connectivity index (χ4v) is 5.70. The number of halogens is 2. The molecule has 0 fully saturated rings. The Bertz CT molecular complexity index is 1350. The lowest BCUT2D eigenvalue weighted by molar-refractivity contribution is 1.12. The van der Waals surface area contributed by atoms with Gasteiger partial charge in [0.2, 0.25) is 5.69 Å². The van der Waals surface area contributed by atoms with E-state index in [4.69, 9.17) is 23.9 Å². The maximum Gasteiger partial charge on any atom is 0.238 e. The molecule has 4 rings (SSSR count). The molecule has 1 aromatic carbocycles. The summed E-state index contributed by atoms with van der Waals surface area (Å²) in [6, 6.07) is 9.69. The van der Waals surface area contributed by atoms with Crippen molar-refractivity contribution < 1.29 is 0 Å². The summed E-state index contributed by atoms with van der Waals surface area (Å²) in [5, 5.41) is 15.6. The molecule has 31 heavy (non-hydrogen) atoms. The van der Waals surface area contributed by atoms with Gasteiger partial charge in [-0.2, -0.15) is 5.26 Å². The van der Waals surface area contributed by atoms with Gasteiger partial charge in [0, 0.05) is 32.7 Å². The Balaban J connectivity index is 1.65. The SMILES string of the molecule is [C-]#[N+]c1c(N)nc(SCc2csc(-c3ccc(Cl)cc3)n2)c(C#N)c1-c1csc(Br)n1. The molecule has 3 aromatic heterocycles. The van der Waals surface area contributed by atoms with Gasteiger partial charge in [-0.1, -0.05) is 35.5 Å². The van der Waals surface area contributed by atoms with Crippen LogP contribution in [0.25, 0.3) is 26.7 Å². The van der Waals surface area contributed by atoms with E-state index in [-0.39, 0.29) is 17.1 Å². The molecule has 3 heterocycles. The summed E-state index contributed by atoms with van der Waals surface area (Å²) in [5.41, 5.74) is 9.26. The van der Waals surface area contributed by atoms with Gasteiger partial charge in [0.15, 0.2) is 3.92 Å². The molecule has 0 aliphatic rings. The smallest absolute Gasteiger partial charge is 0.238 e. The second kappa shape index (κ2) is 9.35. The van der Waals surface area contributed by atoms with E-state index in [2.05, 4.69) is 41.8 Å². The molecule has 0 aliphatic heterocycles. The van der Waals surface area contributed by atoms with Crippen molar-refractivity contribution in [3.8, 4) is 27.9 Å². The van der Waals surface area contributed by atoms with E-state index in [0.717, 1.165) is 16.3 Å². The first kappa shape index (κ1) is 21.8. The Morgan fingerprint density at radius 2 is 1.97 bits per heavy atom. The summed E-state index contributed by atoms with van der Waals surface area (Å²) in [4.78, 5) is 16.9. The molecule has 2 N–H and O–H groups in total.